The number of ether oxygens (including phenoxy) is 2. The molecule has 0 unspecified atom stereocenters. The standard InChI is InChI=1S/C46H56N8O9/c1-25-38(26(2)51-41(50-25)29-9-11-31(12-10-29)46(4)14-15-46)43(58)49-24-37(55)54(5)39-30-22-33(40(56)36(23-30)63-19-7-17-48)32-20-28(8-13-35(32)62-18-6-16-47)21-34(45(60)61)53-42(57)27(3)52-44(39)59/h8-13,20,22-23,27,34,39,56H,6-7,14-19,21,24,47-48H2,1-5H3,(H,49,58)(H,52,59)(H,53,57)(H,60,61)/t27-,34-,39-/m0/s1. The van der Waals surface area contributed by atoms with Gasteiger partial charge in [0.2, 0.25) is 17.7 Å². The molecule has 1 aromatic heterocycles. The normalized spacial score (nSPS) is 18.0. The Bertz CT molecular complexity index is 2360. The molecule has 17 nitrogen and oxygen atoms in total. The van der Waals surface area contributed by atoms with Gasteiger partial charge in [-0.05, 0) is 106 Å². The molecule has 63 heavy (non-hydrogen) atoms. The molecule has 1 saturated carbocycles. The molecule has 6 rings (SSSR count). The molecule has 334 valence electrons. The SMILES string of the molecule is Cc1nc(-c2ccc(C3(C)CC3)cc2)nc(C)c1C(=O)NCC(=O)N(C)[C@@H]1C(=O)N[C@@H](C)C(=O)N[C@H](C(=O)O)Cc2ccc(OCCCN)c(c2)-c2cc1cc(OCCCN)c2O. The van der Waals surface area contributed by atoms with Crippen molar-refractivity contribution >= 4 is 29.6 Å². The number of amides is 4. The van der Waals surface area contributed by atoms with E-state index < -0.39 is 54.3 Å². The number of carbonyl (C=O) groups excluding carboxylic acids is 4. The first-order valence-electron chi connectivity index (χ1n) is 21.0. The lowest BCUT2D eigenvalue weighted by Gasteiger charge is -2.30. The van der Waals surface area contributed by atoms with Gasteiger partial charge < -0.3 is 52.0 Å². The number of benzene rings is 3. The van der Waals surface area contributed by atoms with Gasteiger partial charge in [-0.2, -0.15) is 0 Å². The molecule has 0 radical (unpaired) electrons. The number of likely N-dealkylation sites (N-methyl/N-ethyl adjacent to an activating group) is 1. The molecule has 1 aliphatic carbocycles. The van der Waals surface area contributed by atoms with Gasteiger partial charge >= 0.3 is 5.97 Å². The van der Waals surface area contributed by atoms with Crippen LogP contribution in [-0.2, 0) is 31.0 Å². The predicted molar refractivity (Wildman–Crippen MR) is 234 cm³/mol. The summed E-state index contributed by atoms with van der Waals surface area (Å²) in [4.78, 5) is 78.3. The molecular weight excluding hydrogens is 809 g/mol. The Morgan fingerprint density at radius 3 is 2.13 bits per heavy atom. The molecule has 4 bridgehead atoms. The number of aliphatic carboxylic acids is 1. The quantitative estimate of drug-likeness (QED) is 0.0849. The van der Waals surface area contributed by atoms with E-state index in [0.29, 0.717) is 53.5 Å². The number of phenols is 1. The second kappa shape index (κ2) is 19.6. The third kappa shape index (κ3) is 10.5. The molecule has 3 aromatic carbocycles. The molecule has 1 fully saturated rings. The molecule has 9 N–H and O–H groups in total. The summed E-state index contributed by atoms with van der Waals surface area (Å²) < 4.78 is 12.1. The highest BCUT2D eigenvalue weighted by Gasteiger charge is 2.39. The van der Waals surface area contributed by atoms with E-state index in [2.05, 4.69) is 45.0 Å². The first kappa shape index (κ1) is 45.9. The van der Waals surface area contributed by atoms with Crippen molar-refractivity contribution in [3.8, 4) is 39.8 Å². The van der Waals surface area contributed by atoms with Gasteiger partial charge in [0, 0.05) is 30.2 Å². The number of carbonyl (C=O) groups is 5. The van der Waals surface area contributed by atoms with Crippen molar-refractivity contribution in [3.05, 3.63) is 88.2 Å². The smallest absolute Gasteiger partial charge is 0.326 e. The monoisotopic (exact) mass is 864 g/mol. The highest BCUT2D eigenvalue weighted by Crippen LogP contribution is 2.48. The maximum Gasteiger partial charge on any atom is 0.326 e. The van der Waals surface area contributed by atoms with Crippen LogP contribution >= 0.6 is 0 Å². The molecule has 2 aliphatic rings. The Morgan fingerprint density at radius 2 is 1.52 bits per heavy atom. The van der Waals surface area contributed by atoms with Gasteiger partial charge in [0.25, 0.3) is 5.91 Å². The Labute approximate surface area is 366 Å². The first-order valence-corrected chi connectivity index (χ1v) is 21.0. The second-order valence-corrected chi connectivity index (χ2v) is 16.4. The fourth-order valence-electron chi connectivity index (χ4n) is 7.50. The number of nitrogens with one attached hydrogen (secondary N) is 3. The van der Waals surface area contributed by atoms with E-state index >= 15 is 0 Å². The van der Waals surface area contributed by atoms with Gasteiger partial charge in [-0.25, -0.2) is 14.8 Å². The number of rotatable bonds is 15. The zero-order chi connectivity index (χ0) is 45.6. The summed E-state index contributed by atoms with van der Waals surface area (Å²) in [7, 11) is 1.36. The van der Waals surface area contributed by atoms with Crippen LogP contribution in [-0.4, -0.2) is 107 Å². The minimum Gasteiger partial charge on any atom is -0.504 e. The van der Waals surface area contributed by atoms with Crippen molar-refractivity contribution < 1.29 is 43.7 Å². The van der Waals surface area contributed by atoms with Crippen molar-refractivity contribution in [1.82, 2.24) is 30.8 Å². The molecule has 4 aromatic rings. The number of hydrogen-bond donors (Lipinski definition) is 7. The molecule has 4 amide bonds. The zero-order valence-electron chi connectivity index (χ0n) is 36.2. The van der Waals surface area contributed by atoms with Crippen molar-refractivity contribution in [2.45, 2.75) is 83.3 Å². The maximum absolute atomic E-state index is 14.4. The van der Waals surface area contributed by atoms with E-state index in [4.69, 9.17) is 20.9 Å². The topological polar surface area (TPSA) is 261 Å². The van der Waals surface area contributed by atoms with E-state index in [1.807, 2.05) is 12.1 Å². The van der Waals surface area contributed by atoms with Crippen LogP contribution in [0.5, 0.6) is 17.2 Å². The molecule has 3 atom stereocenters. The lowest BCUT2D eigenvalue weighted by molar-refractivity contribution is -0.142. The Balaban J connectivity index is 1.35. The third-order valence-electron chi connectivity index (χ3n) is 11.5. The largest absolute Gasteiger partial charge is 0.504 e. The van der Waals surface area contributed by atoms with Gasteiger partial charge in [0.15, 0.2) is 17.3 Å². The van der Waals surface area contributed by atoms with Crippen LogP contribution in [0, 0.1) is 13.8 Å². The number of aromatic nitrogens is 2. The number of fused-ring (bicyclic) bond motifs is 5. The van der Waals surface area contributed by atoms with Gasteiger partial charge in [0.1, 0.15) is 23.9 Å². The number of hydrogen-bond acceptors (Lipinski definition) is 12. The third-order valence-corrected chi connectivity index (χ3v) is 11.5. The number of nitrogens with two attached hydrogens (primary N) is 2. The zero-order valence-corrected chi connectivity index (χ0v) is 36.2. The fourth-order valence-corrected chi connectivity index (χ4v) is 7.50. The molecule has 0 saturated heterocycles. The van der Waals surface area contributed by atoms with E-state index in [0.717, 1.165) is 23.3 Å². The van der Waals surface area contributed by atoms with Gasteiger partial charge in [-0.15, -0.1) is 0 Å². The van der Waals surface area contributed by atoms with Crippen molar-refractivity contribution in [2.75, 3.05) is 39.9 Å². The summed E-state index contributed by atoms with van der Waals surface area (Å²) in [6.07, 6.45) is 3.08. The van der Waals surface area contributed by atoms with Crippen LogP contribution in [0.1, 0.15) is 84.0 Å². The van der Waals surface area contributed by atoms with E-state index in [1.54, 1.807) is 32.0 Å². The molecule has 2 heterocycles. The van der Waals surface area contributed by atoms with Crippen LogP contribution in [0.25, 0.3) is 22.5 Å². The van der Waals surface area contributed by atoms with Gasteiger partial charge in [0.05, 0.1) is 36.7 Å². The van der Waals surface area contributed by atoms with Crippen LogP contribution < -0.4 is 36.9 Å². The van der Waals surface area contributed by atoms with E-state index in [-0.39, 0.29) is 59.8 Å². The minimum absolute atomic E-state index is 0.0370. The minimum atomic E-state index is -1.48. The number of aryl methyl sites for hydroxylation is 2. The maximum atomic E-state index is 14.4. The second-order valence-electron chi connectivity index (χ2n) is 16.4. The first-order chi connectivity index (χ1) is 30.0. The Hall–Kier alpha value is -6.59. The summed E-state index contributed by atoms with van der Waals surface area (Å²) in [5, 5.41) is 29.6. The van der Waals surface area contributed by atoms with Gasteiger partial charge in [-0.3, -0.25) is 19.2 Å². The number of nitrogens with zero attached hydrogens (tertiary/aromatic N) is 3. The number of carboxylic acids is 1. The lowest BCUT2D eigenvalue weighted by atomic mass is 9.93. The van der Waals surface area contributed by atoms with Crippen LogP contribution in [0.4, 0.5) is 0 Å². The van der Waals surface area contributed by atoms with Crippen LogP contribution in [0.2, 0.25) is 0 Å². The molecule has 1 aliphatic heterocycles. The van der Waals surface area contributed by atoms with Crippen molar-refractivity contribution in [1.29, 1.82) is 0 Å². The molecular formula is C46H56N8O9. The van der Waals surface area contributed by atoms with E-state index in [9.17, 15) is 34.2 Å². The Kier molecular flexibility index (Phi) is 14.3. The molecule has 0 spiro atoms. The summed E-state index contributed by atoms with van der Waals surface area (Å²) in [5.74, 6) is -3.80. The van der Waals surface area contributed by atoms with Crippen LogP contribution in [0.15, 0.2) is 54.6 Å². The average molecular weight is 865 g/mol. The average Bonchev–Trinajstić information content (AvgIpc) is 4.01. The highest BCUT2D eigenvalue weighted by molar-refractivity contribution is 5.99. The highest BCUT2D eigenvalue weighted by atomic mass is 16.5. The van der Waals surface area contributed by atoms with E-state index in [1.165, 1.54) is 31.7 Å². The predicted octanol–water partition coefficient (Wildman–Crippen LogP) is 3.20. The van der Waals surface area contributed by atoms with Crippen molar-refractivity contribution in [3.63, 3.8) is 0 Å². The molecule has 17 heteroatoms. The summed E-state index contributed by atoms with van der Waals surface area (Å²) >= 11 is 0. The van der Waals surface area contributed by atoms with Gasteiger partial charge in [-0.1, -0.05) is 37.3 Å². The Morgan fingerprint density at radius 1 is 0.889 bits per heavy atom. The van der Waals surface area contributed by atoms with Crippen LogP contribution in [0.3, 0.4) is 0 Å². The fraction of sp³-hybridized carbons (Fsp3) is 0.413. The lowest BCUT2D eigenvalue weighted by Crippen LogP contribution is -2.53. The number of phenolic OH excluding ortho intramolecular Hbond substituents is 1. The number of aromatic hydroxyl groups is 1. The van der Waals surface area contributed by atoms with Crippen molar-refractivity contribution in [2.24, 2.45) is 11.5 Å². The number of carboxylic acid groups (broad SMARTS) is 1. The summed E-state index contributed by atoms with van der Waals surface area (Å²) in [5.41, 5.74) is 15.9. The summed E-state index contributed by atoms with van der Waals surface area (Å²) in [6.45, 7) is 7.38. The summed E-state index contributed by atoms with van der Waals surface area (Å²) in [6, 6.07) is 11.8.